The molecule has 6 heteroatoms. The maximum atomic E-state index is 5.51. The molecule has 2 N–H and O–H groups in total. The molecule has 0 unspecified atom stereocenters. The van der Waals surface area contributed by atoms with E-state index in [0.717, 1.165) is 37.0 Å². The molecule has 0 radical (unpaired) electrons. The van der Waals surface area contributed by atoms with Crippen molar-refractivity contribution in [3.63, 3.8) is 0 Å². The number of hydrogen-bond donors (Lipinski definition) is 2. The largest absolute Gasteiger partial charge is 0.466 e. The number of thiophene rings is 1. The van der Waals surface area contributed by atoms with Gasteiger partial charge < -0.3 is 15.1 Å². The Morgan fingerprint density at radius 1 is 1.33 bits per heavy atom. The van der Waals surface area contributed by atoms with Crippen molar-refractivity contribution in [2.75, 3.05) is 13.6 Å². The highest BCUT2D eigenvalue weighted by atomic mass is 127. The van der Waals surface area contributed by atoms with Crippen LogP contribution < -0.4 is 10.6 Å². The van der Waals surface area contributed by atoms with Crippen LogP contribution in [-0.2, 0) is 13.0 Å². The Morgan fingerprint density at radius 3 is 2.71 bits per heavy atom. The summed E-state index contributed by atoms with van der Waals surface area (Å²) in [5.41, 5.74) is 1.17. The van der Waals surface area contributed by atoms with Crippen molar-refractivity contribution in [1.82, 2.24) is 10.6 Å². The molecule has 0 spiro atoms. The zero-order valence-corrected chi connectivity index (χ0v) is 15.7. The van der Waals surface area contributed by atoms with Crippen LogP contribution in [0.2, 0.25) is 0 Å². The first-order valence-electron chi connectivity index (χ1n) is 6.72. The quantitative estimate of drug-likeness (QED) is 0.443. The van der Waals surface area contributed by atoms with Crippen LogP contribution >= 0.6 is 35.3 Å². The molecule has 0 aromatic carbocycles. The van der Waals surface area contributed by atoms with Crippen molar-refractivity contribution in [3.05, 3.63) is 45.5 Å². The highest BCUT2D eigenvalue weighted by molar-refractivity contribution is 14.0. The second-order valence-electron chi connectivity index (χ2n) is 4.62. The van der Waals surface area contributed by atoms with Crippen LogP contribution in [0.5, 0.6) is 0 Å². The Hall–Kier alpha value is -1.02. The summed E-state index contributed by atoms with van der Waals surface area (Å²) in [6.07, 6.45) is 1.02. The van der Waals surface area contributed by atoms with Gasteiger partial charge in [-0.25, -0.2) is 0 Å². The van der Waals surface area contributed by atoms with Gasteiger partial charge in [-0.05, 0) is 37.8 Å². The third kappa shape index (κ3) is 5.70. The van der Waals surface area contributed by atoms with Gasteiger partial charge in [0.05, 0.1) is 0 Å². The minimum atomic E-state index is 0. The van der Waals surface area contributed by atoms with Crippen LogP contribution in [0, 0.1) is 13.8 Å². The molecule has 0 fully saturated rings. The third-order valence-corrected chi connectivity index (χ3v) is 3.99. The number of halogens is 1. The fraction of sp³-hybridized carbons (Fsp3) is 0.400. The van der Waals surface area contributed by atoms with E-state index >= 15 is 0 Å². The Bertz CT molecular complexity index is 563. The number of nitrogens with zero attached hydrogens (tertiary/aromatic N) is 1. The predicted molar refractivity (Wildman–Crippen MR) is 99.8 cm³/mol. The molecule has 0 aliphatic heterocycles. The summed E-state index contributed by atoms with van der Waals surface area (Å²) in [5, 5.41) is 8.73. The van der Waals surface area contributed by atoms with Gasteiger partial charge >= 0.3 is 0 Å². The topological polar surface area (TPSA) is 49.6 Å². The molecule has 21 heavy (non-hydrogen) atoms. The van der Waals surface area contributed by atoms with Crippen LogP contribution in [0.25, 0.3) is 0 Å². The molecule has 0 bridgehead atoms. The normalized spacial score (nSPS) is 11.1. The molecule has 116 valence electrons. The van der Waals surface area contributed by atoms with Crippen molar-refractivity contribution in [2.45, 2.75) is 26.8 Å². The zero-order valence-electron chi connectivity index (χ0n) is 12.6. The smallest absolute Gasteiger partial charge is 0.191 e. The van der Waals surface area contributed by atoms with Gasteiger partial charge in [0.25, 0.3) is 0 Å². The number of furan rings is 1. The standard InChI is InChI=1S/C15H21N3OS.HI/c1-11-9-13(12(2)19-11)10-18-15(16-3)17-7-6-14-5-4-8-20-14;/h4-5,8-9H,6-7,10H2,1-3H3,(H2,16,17,18);1H. The van der Waals surface area contributed by atoms with Gasteiger partial charge in [0.1, 0.15) is 11.5 Å². The van der Waals surface area contributed by atoms with Gasteiger partial charge in [-0.15, -0.1) is 35.3 Å². The van der Waals surface area contributed by atoms with Crippen molar-refractivity contribution in [1.29, 1.82) is 0 Å². The summed E-state index contributed by atoms with van der Waals surface area (Å²) < 4.78 is 5.51. The summed E-state index contributed by atoms with van der Waals surface area (Å²) in [7, 11) is 1.79. The molecule has 2 rings (SSSR count). The number of aryl methyl sites for hydroxylation is 2. The van der Waals surface area contributed by atoms with Gasteiger partial charge in [-0.3, -0.25) is 4.99 Å². The van der Waals surface area contributed by atoms with Crippen molar-refractivity contribution >= 4 is 41.3 Å². The van der Waals surface area contributed by atoms with Gasteiger partial charge in [0, 0.05) is 30.6 Å². The Labute approximate surface area is 147 Å². The third-order valence-electron chi connectivity index (χ3n) is 3.06. The first-order valence-corrected chi connectivity index (χ1v) is 7.60. The Balaban J connectivity index is 0.00000220. The first kappa shape index (κ1) is 18.0. The van der Waals surface area contributed by atoms with Gasteiger partial charge in [-0.1, -0.05) is 6.07 Å². The summed E-state index contributed by atoms with van der Waals surface area (Å²) in [6.45, 7) is 5.55. The molecule has 0 amide bonds. The van der Waals surface area contributed by atoms with Crippen LogP contribution in [-0.4, -0.2) is 19.6 Å². The minimum Gasteiger partial charge on any atom is -0.466 e. The van der Waals surface area contributed by atoms with E-state index in [4.69, 9.17) is 4.42 Å². The molecule has 0 saturated heterocycles. The fourth-order valence-corrected chi connectivity index (χ4v) is 2.73. The lowest BCUT2D eigenvalue weighted by Gasteiger charge is -2.11. The van der Waals surface area contributed by atoms with E-state index in [1.807, 2.05) is 13.8 Å². The molecule has 0 aliphatic carbocycles. The minimum absolute atomic E-state index is 0. The molecule has 0 atom stereocenters. The van der Waals surface area contributed by atoms with Crippen LogP contribution in [0.1, 0.15) is 22.0 Å². The van der Waals surface area contributed by atoms with E-state index in [1.54, 1.807) is 18.4 Å². The summed E-state index contributed by atoms with van der Waals surface area (Å²) in [5.74, 6) is 2.73. The van der Waals surface area contributed by atoms with Crippen molar-refractivity contribution in [3.8, 4) is 0 Å². The highest BCUT2D eigenvalue weighted by Gasteiger charge is 2.05. The van der Waals surface area contributed by atoms with E-state index in [9.17, 15) is 0 Å². The van der Waals surface area contributed by atoms with Gasteiger partial charge in [0.2, 0.25) is 0 Å². The van der Waals surface area contributed by atoms with Crippen LogP contribution in [0.3, 0.4) is 0 Å². The lowest BCUT2D eigenvalue weighted by atomic mass is 10.2. The zero-order chi connectivity index (χ0) is 14.4. The van der Waals surface area contributed by atoms with Crippen LogP contribution in [0.15, 0.2) is 33.0 Å². The molecule has 4 nitrogen and oxygen atoms in total. The average molecular weight is 419 g/mol. The molecule has 2 aromatic heterocycles. The van der Waals surface area contributed by atoms with E-state index < -0.39 is 0 Å². The fourth-order valence-electron chi connectivity index (χ4n) is 2.02. The lowest BCUT2D eigenvalue weighted by molar-refractivity contribution is 0.500. The van der Waals surface area contributed by atoms with Crippen molar-refractivity contribution in [2.24, 2.45) is 4.99 Å². The Morgan fingerprint density at radius 2 is 2.14 bits per heavy atom. The second kappa shape index (κ2) is 9.09. The number of hydrogen-bond acceptors (Lipinski definition) is 3. The monoisotopic (exact) mass is 419 g/mol. The average Bonchev–Trinajstić information content (AvgIpc) is 3.03. The molecule has 0 aliphatic rings. The summed E-state index contributed by atoms with van der Waals surface area (Å²) in [4.78, 5) is 5.61. The maximum Gasteiger partial charge on any atom is 0.191 e. The first-order chi connectivity index (χ1) is 9.69. The lowest BCUT2D eigenvalue weighted by Crippen LogP contribution is -2.37. The van der Waals surface area contributed by atoms with E-state index in [1.165, 1.54) is 10.4 Å². The predicted octanol–water partition coefficient (Wildman–Crippen LogP) is 3.48. The van der Waals surface area contributed by atoms with Gasteiger partial charge in [-0.2, -0.15) is 0 Å². The highest BCUT2D eigenvalue weighted by Crippen LogP contribution is 2.13. The number of nitrogens with one attached hydrogen (secondary N) is 2. The van der Waals surface area contributed by atoms with Gasteiger partial charge in [0.15, 0.2) is 5.96 Å². The SMILES string of the molecule is CN=C(NCCc1cccs1)NCc1cc(C)oc1C.I. The molecule has 0 saturated carbocycles. The molecule has 2 heterocycles. The molecular formula is C15H22IN3OS. The summed E-state index contributed by atoms with van der Waals surface area (Å²) >= 11 is 1.78. The number of rotatable bonds is 5. The maximum absolute atomic E-state index is 5.51. The summed E-state index contributed by atoms with van der Waals surface area (Å²) in [6, 6.07) is 6.29. The van der Waals surface area contributed by atoms with E-state index in [-0.39, 0.29) is 24.0 Å². The van der Waals surface area contributed by atoms with E-state index in [2.05, 4.69) is 39.2 Å². The second-order valence-corrected chi connectivity index (χ2v) is 5.65. The van der Waals surface area contributed by atoms with Crippen LogP contribution in [0.4, 0.5) is 0 Å². The molecular weight excluding hydrogens is 397 g/mol. The van der Waals surface area contributed by atoms with Crippen molar-refractivity contribution < 1.29 is 4.42 Å². The molecule has 2 aromatic rings. The number of guanidine groups is 1. The van der Waals surface area contributed by atoms with E-state index in [0.29, 0.717) is 0 Å². The Kier molecular flexibility index (Phi) is 7.81. The number of aliphatic imine (C=N–C) groups is 1.